The number of anilines is 3. The van der Waals surface area contributed by atoms with Crippen LogP contribution < -0.4 is 16.4 Å². The molecule has 110 valence electrons. The Balaban J connectivity index is 1.82. The Hall–Kier alpha value is -2.50. The van der Waals surface area contributed by atoms with E-state index in [0.29, 0.717) is 18.7 Å². The first-order valence-electron chi connectivity index (χ1n) is 6.92. The number of nitrogens with two attached hydrogens (primary N) is 1. The zero-order valence-electron chi connectivity index (χ0n) is 12.1. The molecule has 21 heavy (non-hydrogen) atoms. The van der Waals surface area contributed by atoms with E-state index in [4.69, 9.17) is 10.3 Å². The summed E-state index contributed by atoms with van der Waals surface area (Å²) in [6, 6.07) is 3.81. The van der Waals surface area contributed by atoms with Crippen LogP contribution in [0.15, 0.2) is 16.7 Å². The molecule has 2 heterocycles. The summed E-state index contributed by atoms with van der Waals surface area (Å²) in [5, 5.41) is 10.1. The first-order chi connectivity index (χ1) is 10.0. The Bertz CT molecular complexity index is 686. The number of benzene rings is 1. The fraction of sp³-hybridized carbons (Fsp3) is 0.333. The average Bonchev–Trinajstić information content (AvgIpc) is 2.76. The van der Waals surface area contributed by atoms with Crippen LogP contribution in [0.25, 0.3) is 0 Å². The van der Waals surface area contributed by atoms with Gasteiger partial charge in [-0.3, -0.25) is 4.79 Å². The van der Waals surface area contributed by atoms with Crippen molar-refractivity contribution in [2.75, 3.05) is 16.4 Å². The number of nitrogens with one attached hydrogen (secondary N) is 2. The Morgan fingerprint density at radius 1 is 1.38 bits per heavy atom. The second kappa shape index (κ2) is 5.12. The Morgan fingerprint density at radius 2 is 2.19 bits per heavy atom. The quantitative estimate of drug-likeness (QED) is 0.753. The van der Waals surface area contributed by atoms with E-state index in [-0.39, 0.29) is 5.91 Å². The number of amides is 1. The predicted molar refractivity (Wildman–Crippen MR) is 81.1 cm³/mol. The molecule has 4 N–H and O–H groups in total. The molecule has 1 aromatic heterocycles. The number of hydrogen-bond donors (Lipinski definition) is 3. The molecule has 3 rings (SSSR count). The van der Waals surface area contributed by atoms with Gasteiger partial charge in [-0.15, -0.1) is 0 Å². The van der Waals surface area contributed by atoms with Gasteiger partial charge in [-0.05, 0) is 38.0 Å². The summed E-state index contributed by atoms with van der Waals surface area (Å²) in [5.74, 6) is 0.849. The van der Waals surface area contributed by atoms with E-state index in [1.807, 2.05) is 26.0 Å². The highest BCUT2D eigenvalue weighted by Gasteiger charge is 2.17. The predicted octanol–water partition coefficient (Wildman–Crippen LogP) is 2.37. The minimum Gasteiger partial charge on any atom is -0.397 e. The summed E-state index contributed by atoms with van der Waals surface area (Å²) in [7, 11) is 0. The second-order valence-electron chi connectivity index (χ2n) is 5.30. The number of carbonyl (C=O) groups is 1. The summed E-state index contributed by atoms with van der Waals surface area (Å²) in [6.45, 7) is 4.42. The average molecular weight is 286 g/mol. The lowest BCUT2D eigenvalue weighted by Gasteiger charge is -2.19. The van der Waals surface area contributed by atoms with Crippen molar-refractivity contribution in [3.8, 4) is 0 Å². The normalized spacial score (nSPS) is 13.7. The van der Waals surface area contributed by atoms with Crippen molar-refractivity contribution >= 4 is 23.0 Å². The molecule has 0 saturated carbocycles. The molecule has 0 saturated heterocycles. The van der Waals surface area contributed by atoms with Gasteiger partial charge >= 0.3 is 0 Å². The van der Waals surface area contributed by atoms with E-state index < -0.39 is 0 Å². The summed E-state index contributed by atoms with van der Waals surface area (Å²) >= 11 is 0. The third-order valence-corrected chi connectivity index (χ3v) is 3.81. The molecule has 0 spiro atoms. The summed E-state index contributed by atoms with van der Waals surface area (Å²) < 4.78 is 5.15. The number of aryl methyl sites for hydroxylation is 3. The van der Waals surface area contributed by atoms with Gasteiger partial charge in [0, 0.05) is 24.2 Å². The van der Waals surface area contributed by atoms with Crippen LogP contribution in [-0.2, 0) is 17.8 Å². The monoisotopic (exact) mass is 286 g/mol. The molecule has 0 atom stereocenters. The van der Waals surface area contributed by atoms with Gasteiger partial charge in [-0.2, -0.15) is 0 Å². The molecule has 0 fully saturated rings. The van der Waals surface area contributed by atoms with E-state index in [1.54, 1.807) is 0 Å². The molecule has 1 aliphatic rings. The van der Waals surface area contributed by atoms with Crippen molar-refractivity contribution in [1.82, 2.24) is 5.16 Å². The maximum Gasteiger partial charge on any atom is 0.224 e. The SMILES string of the molecule is Cc1noc(C)c1CNc1cc2c(cc1N)NC(=O)CC2. The van der Waals surface area contributed by atoms with Crippen LogP contribution in [0, 0.1) is 13.8 Å². The van der Waals surface area contributed by atoms with Gasteiger partial charge in [-0.25, -0.2) is 0 Å². The van der Waals surface area contributed by atoms with Crippen molar-refractivity contribution in [2.45, 2.75) is 33.2 Å². The molecule has 6 heteroatoms. The molecular weight excluding hydrogens is 268 g/mol. The van der Waals surface area contributed by atoms with Crippen LogP contribution in [0.2, 0.25) is 0 Å². The van der Waals surface area contributed by atoms with E-state index in [2.05, 4.69) is 15.8 Å². The van der Waals surface area contributed by atoms with E-state index in [0.717, 1.165) is 40.4 Å². The van der Waals surface area contributed by atoms with Crippen LogP contribution in [-0.4, -0.2) is 11.1 Å². The number of nitrogen functional groups attached to an aromatic ring is 1. The Labute approximate surface area is 122 Å². The Morgan fingerprint density at radius 3 is 2.90 bits per heavy atom. The molecule has 1 amide bonds. The van der Waals surface area contributed by atoms with Gasteiger partial charge in [0.05, 0.1) is 17.1 Å². The minimum atomic E-state index is 0.0401. The lowest BCUT2D eigenvalue weighted by Crippen LogP contribution is -2.19. The van der Waals surface area contributed by atoms with Crippen LogP contribution in [0.5, 0.6) is 0 Å². The first-order valence-corrected chi connectivity index (χ1v) is 6.92. The van der Waals surface area contributed by atoms with Gasteiger partial charge in [0.25, 0.3) is 0 Å². The third kappa shape index (κ3) is 2.56. The molecule has 2 aromatic rings. The van der Waals surface area contributed by atoms with Gasteiger partial charge in [0.2, 0.25) is 5.91 Å². The van der Waals surface area contributed by atoms with Gasteiger partial charge in [0.1, 0.15) is 5.76 Å². The summed E-state index contributed by atoms with van der Waals surface area (Å²) in [4.78, 5) is 11.4. The fourth-order valence-electron chi connectivity index (χ4n) is 2.54. The van der Waals surface area contributed by atoms with Crippen LogP contribution in [0.1, 0.15) is 29.0 Å². The van der Waals surface area contributed by atoms with Gasteiger partial charge < -0.3 is 20.9 Å². The first kappa shape index (κ1) is 13.5. The highest BCUT2D eigenvalue weighted by Crippen LogP contribution is 2.31. The van der Waals surface area contributed by atoms with Gasteiger partial charge in [0.15, 0.2) is 0 Å². The lowest BCUT2D eigenvalue weighted by atomic mass is 10.0. The maximum atomic E-state index is 11.4. The van der Waals surface area contributed by atoms with Crippen LogP contribution >= 0.6 is 0 Å². The number of fused-ring (bicyclic) bond motifs is 1. The largest absolute Gasteiger partial charge is 0.397 e. The smallest absolute Gasteiger partial charge is 0.224 e. The van der Waals surface area contributed by atoms with Crippen molar-refractivity contribution in [2.24, 2.45) is 0 Å². The number of rotatable bonds is 3. The second-order valence-corrected chi connectivity index (χ2v) is 5.30. The number of hydrogen-bond acceptors (Lipinski definition) is 5. The molecule has 0 aliphatic carbocycles. The zero-order chi connectivity index (χ0) is 15.0. The lowest BCUT2D eigenvalue weighted by molar-refractivity contribution is -0.116. The van der Waals surface area contributed by atoms with Gasteiger partial charge in [-0.1, -0.05) is 5.16 Å². The fourth-order valence-corrected chi connectivity index (χ4v) is 2.54. The number of aromatic nitrogens is 1. The van der Waals surface area contributed by atoms with Crippen LogP contribution in [0.4, 0.5) is 17.1 Å². The molecule has 1 aliphatic heterocycles. The van der Waals surface area contributed by atoms with Crippen molar-refractivity contribution in [3.63, 3.8) is 0 Å². The summed E-state index contributed by atoms with van der Waals surface area (Å²) in [5.41, 5.74) is 11.4. The molecule has 0 unspecified atom stereocenters. The molecule has 0 radical (unpaired) electrons. The molecular formula is C15H18N4O2. The minimum absolute atomic E-state index is 0.0401. The Kier molecular flexibility index (Phi) is 3.29. The van der Waals surface area contributed by atoms with E-state index in [1.165, 1.54) is 0 Å². The van der Waals surface area contributed by atoms with Crippen molar-refractivity contribution in [3.05, 3.63) is 34.7 Å². The van der Waals surface area contributed by atoms with E-state index >= 15 is 0 Å². The van der Waals surface area contributed by atoms with E-state index in [9.17, 15) is 4.79 Å². The zero-order valence-corrected chi connectivity index (χ0v) is 12.1. The maximum absolute atomic E-state index is 11.4. The third-order valence-electron chi connectivity index (χ3n) is 3.81. The molecule has 0 bridgehead atoms. The van der Waals surface area contributed by atoms with Crippen molar-refractivity contribution in [1.29, 1.82) is 0 Å². The summed E-state index contributed by atoms with van der Waals surface area (Å²) in [6.07, 6.45) is 1.25. The molecule has 6 nitrogen and oxygen atoms in total. The standard InChI is InChI=1S/C15H18N4O2/c1-8-11(9(2)21-19-8)7-17-14-5-10-3-4-15(20)18-13(10)6-12(14)16/h5-6,17H,3-4,7,16H2,1-2H3,(H,18,20). The highest BCUT2D eigenvalue weighted by molar-refractivity contribution is 5.95. The molecule has 1 aromatic carbocycles. The van der Waals surface area contributed by atoms with Crippen LogP contribution in [0.3, 0.4) is 0 Å². The van der Waals surface area contributed by atoms with Crippen molar-refractivity contribution < 1.29 is 9.32 Å². The number of carbonyl (C=O) groups excluding carboxylic acids is 1. The highest BCUT2D eigenvalue weighted by atomic mass is 16.5. The number of nitrogens with zero attached hydrogens (tertiary/aromatic N) is 1. The topological polar surface area (TPSA) is 93.2 Å².